The molecule has 1 amide bonds. The molecular formula is C21H25F4N3O2. The number of hydrogen-bond acceptors (Lipinski definition) is 3. The van der Waals surface area contributed by atoms with Crippen LogP contribution in [-0.2, 0) is 17.5 Å². The van der Waals surface area contributed by atoms with E-state index in [0.29, 0.717) is 34.9 Å². The first kappa shape index (κ1) is 21.1. The first-order valence-corrected chi connectivity index (χ1v) is 10.1. The van der Waals surface area contributed by atoms with Gasteiger partial charge in [0.25, 0.3) is 0 Å². The number of piperidine rings is 1. The zero-order valence-electron chi connectivity index (χ0n) is 16.8. The molecule has 1 aromatic heterocycles. The Morgan fingerprint density at radius 3 is 2.73 bits per heavy atom. The average molecular weight is 427 g/mol. The van der Waals surface area contributed by atoms with Gasteiger partial charge in [0.05, 0.1) is 24.1 Å². The molecule has 30 heavy (non-hydrogen) atoms. The summed E-state index contributed by atoms with van der Waals surface area (Å²) in [5, 5.41) is 12.5. The number of likely N-dealkylation sites (tertiary alicyclic amines) is 1. The fraction of sp³-hybridized carbons (Fsp3) is 0.571. The van der Waals surface area contributed by atoms with Crippen LogP contribution in [0.2, 0.25) is 0 Å². The van der Waals surface area contributed by atoms with Gasteiger partial charge in [-0.3, -0.25) is 9.36 Å². The summed E-state index contributed by atoms with van der Waals surface area (Å²) in [6, 6.07) is 3.97. The minimum atomic E-state index is -4.50. The van der Waals surface area contributed by atoms with Crippen molar-refractivity contribution >= 4 is 16.8 Å². The van der Waals surface area contributed by atoms with Crippen molar-refractivity contribution < 1.29 is 27.5 Å². The molecule has 0 radical (unpaired) electrons. The van der Waals surface area contributed by atoms with Gasteiger partial charge < -0.3 is 15.3 Å². The fourth-order valence-electron chi connectivity index (χ4n) is 5.05. The Balaban J connectivity index is 1.67. The number of halogens is 4. The summed E-state index contributed by atoms with van der Waals surface area (Å²) in [5.74, 6) is -0.879. The molecule has 0 spiro atoms. The van der Waals surface area contributed by atoms with Gasteiger partial charge in [-0.2, -0.15) is 0 Å². The summed E-state index contributed by atoms with van der Waals surface area (Å²) >= 11 is 0. The van der Waals surface area contributed by atoms with Crippen molar-refractivity contribution in [3.05, 3.63) is 35.5 Å². The highest BCUT2D eigenvalue weighted by Gasteiger charge is 2.43. The number of nitrogens with one attached hydrogen (secondary N) is 1. The second kappa shape index (κ2) is 7.53. The molecule has 1 aliphatic carbocycles. The first-order chi connectivity index (χ1) is 14.1. The van der Waals surface area contributed by atoms with Gasteiger partial charge in [0.15, 0.2) is 0 Å². The molecule has 1 aliphatic heterocycles. The molecule has 5 atom stereocenters. The van der Waals surface area contributed by atoms with Crippen molar-refractivity contribution in [3.63, 3.8) is 0 Å². The molecule has 1 fully saturated rings. The zero-order chi connectivity index (χ0) is 21.8. The molecule has 1 aromatic carbocycles. The molecule has 0 bridgehead atoms. The van der Waals surface area contributed by atoms with Crippen LogP contribution in [0, 0.1) is 5.92 Å². The summed E-state index contributed by atoms with van der Waals surface area (Å²) in [7, 11) is 1.87. The van der Waals surface area contributed by atoms with Crippen molar-refractivity contribution in [1.29, 1.82) is 0 Å². The van der Waals surface area contributed by atoms with Crippen molar-refractivity contribution in [2.24, 2.45) is 5.92 Å². The molecule has 2 aromatic rings. The topological polar surface area (TPSA) is 57.5 Å². The fourth-order valence-corrected chi connectivity index (χ4v) is 5.05. The summed E-state index contributed by atoms with van der Waals surface area (Å²) < 4.78 is 54.5. The number of carbonyl (C=O) groups excluding carboxylic acids is 1. The van der Waals surface area contributed by atoms with E-state index in [9.17, 15) is 27.5 Å². The Kier molecular flexibility index (Phi) is 5.30. The van der Waals surface area contributed by atoms with Crippen LogP contribution in [0.15, 0.2) is 24.4 Å². The van der Waals surface area contributed by atoms with E-state index < -0.39 is 31.0 Å². The molecule has 9 heteroatoms. The molecule has 5 nitrogen and oxygen atoms in total. The Bertz CT molecular complexity index is 956. The van der Waals surface area contributed by atoms with Crippen LogP contribution < -0.4 is 5.32 Å². The van der Waals surface area contributed by atoms with E-state index >= 15 is 0 Å². The second-order valence-electron chi connectivity index (χ2n) is 8.46. The van der Waals surface area contributed by atoms with Gasteiger partial charge in [-0.15, -0.1) is 13.2 Å². The van der Waals surface area contributed by atoms with Crippen molar-refractivity contribution in [3.8, 4) is 0 Å². The number of aliphatic hydroxyl groups is 1. The third-order valence-corrected chi connectivity index (χ3v) is 6.57. The van der Waals surface area contributed by atoms with E-state index in [4.69, 9.17) is 0 Å². The van der Waals surface area contributed by atoms with Crippen LogP contribution in [0.25, 0.3) is 10.9 Å². The zero-order valence-corrected chi connectivity index (χ0v) is 16.8. The molecular weight excluding hydrogens is 402 g/mol. The molecule has 2 aliphatic rings. The van der Waals surface area contributed by atoms with Crippen LogP contribution in [-0.4, -0.2) is 58.9 Å². The van der Waals surface area contributed by atoms with Gasteiger partial charge in [-0.25, -0.2) is 4.39 Å². The standard InChI is InChI=1S/C21H25F4N3O2/c1-11(22)16(10-29)26-20(30)13-6-15-14-4-3-5-17-19(14)12(7-18(15)27(2)8-13)9-28(17)21(23,24)25/h3-5,9,11,13,15-16,18,29H,6-8,10H2,1-2H3,(H,26,30). The van der Waals surface area contributed by atoms with Gasteiger partial charge in [0.2, 0.25) is 5.91 Å². The van der Waals surface area contributed by atoms with Gasteiger partial charge in [-0.05, 0) is 44.0 Å². The predicted molar refractivity (Wildman–Crippen MR) is 104 cm³/mol. The van der Waals surface area contributed by atoms with E-state index in [1.54, 1.807) is 6.07 Å². The predicted octanol–water partition coefficient (Wildman–Crippen LogP) is 2.91. The van der Waals surface area contributed by atoms with Crippen LogP contribution in [0.3, 0.4) is 0 Å². The number of likely N-dealkylation sites (N-methyl/N-ethyl adjacent to an activating group) is 1. The lowest BCUT2D eigenvalue weighted by atomic mass is 9.72. The maximum Gasteiger partial charge on any atom is 0.488 e. The van der Waals surface area contributed by atoms with E-state index in [2.05, 4.69) is 5.32 Å². The van der Waals surface area contributed by atoms with Gasteiger partial charge >= 0.3 is 6.30 Å². The van der Waals surface area contributed by atoms with Gasteiger partial charge in [-0.1, -0.05) is 12.1 Å². The number of alkyl halides is 4. The summed E-state index contributed by atoms with van der Waals surface area (Å²) in [6.45, 7) is 1.21. The highest BCUT2D eigenvalue weighted by Crippen LogP contribution is 2.46. The maximum atomic E-state index is 13.6. The van der Waals surface area contributed by atoms with Crippen LogP contribution in [0.1, 0.15) is 30.4 Å². The third kappa shape index (κ3) is 3.47. The number of benzene rings is 1. The summed E-state index contributed by atoms with van der Waals surface area (Å²) in [4.78, 5) is 14.8. The Hall–Kier alpha value is -2.13. The number of fused-ring (bicyclic) bond motifs is 2. The molecule has 5 unspecified atom stereocenters. The van der Waals surface area contributed by atoms with Gasteiger partial charge in [0, 0.05) is 30.1 Å². The number of amides is 1. The number of rotatable bonds is 4. The number of nitrogens with zero attached hydrogens (tertiary/aromatic N) is 2. The van der Waals surface area contributed by atoms with E-state index in [1.807, 2.05) is 18.0 Å². The van der Waals surface area contributed by atoms with Crippen LogP contribution in [0.4, 0.5) is 17.6 Å². The normalized spacial score (nSPS) is 26.3. The van der Waals surface area contributed by atoms with Crippen molar-refractivity contribution in [2.75, 3.05) is 20.2 Å². The lowest BCUT2D eigenvalue weighted by Gasteiger charge is -2.45. The third-order valence-electron chi connectivity index (χ3n) is 6.57. The Morgan fingerprint density at radius 1 is 1.37 bits per heavy atom. The number of carbonyl (C=O) groups is 1. The van der Waals surface area contributed by atoms with Crippen LogP contribution in [0.5, 0.6) is 0 Å². The molecule has 1 saturated heterocycles. The minimum absolute atomic E-state index is 0.00929. The number of aliphatic hydroxyl groups excluding tert-OH is 1. The number of aromatic nitrogens is 1. The first-order valence-electron chi connectivity index (χ1n) is 10.1. The van der Waals surface area contributed by atoms with E-state index in [1.165, 1.54) is 19.2 Å². The molecule has 2 N–H and O–H groups in total. The smallest absolute Gasteiger partial charge is 0.394 e. The Morgan fingerprint density at radius 2 is 2.10 bits per heavy atom. The quantitative estimate of drug-likeness (QED) is 0.738. The largest absolute Gasteiger partial charge is 0.488 e. The lowest BCUT2D eigenvalue weighted by Crippen LogP contribution is -2.53. The molecule has 2 heterocycles. The molecule has 4 rings (SSSR count). The second-order valence-corrected chi connectivity index (χ2v) is 8.46. The average Bonchev–Trinajstić information content (AvgIpc) is 3.06. The van der Waals surface area contributed by atoms with Gasteiger partial charge in [0.1, 0.15) is 6.17 Å². The highest BCUT2D eigenvalue weighted by atomic mass is 19.4. The SMILES string of the molecule is CC(F)C(CO)NC(=O)C1CC2c3cccc4c3c(cn4C(F)(F)F)CC2N(C)C1. The highest BCUT2D eigenvalue weighted by molar-refractivity contribution is 5.89. The van der Waals surface area contributed by atoms with E-state index in [-0.39, 0.29) is 23.4 Å². The Labute approximate surface area is 171 Å². The van der Waals surface area contributed by atoms with Crippen molar-refractivity contribution in [1.82, 2.24) is 14.8 Å². The summed E-state index contributed by atoms with van der Waals surface area (Å²) in [5.41, 5.74) is 1.62. The summed E-state index contributed by atoms with van der Waals surface area (Å²) in [6.07, 6.45) is -3.75. The monoisotopic (exact) mass is 427 g/mol. The number of hydrogen-bond donors (Lipinski definition) is 2. The molecule has 164 valence electrons. The van der Waals surface area contributed by atoms with Crippen molar-refractivity contribution in [2.45, 2.75) is 50.2 Å². The van der Waals surface area contributed by atoms with Crippen LogP contribution >= 0.6 is 0 Å². The molecule has 0 saturated carbocycles. The lowest BCUT2D eigenvalue weighted by molar-refractivity contribution is -0.200. The maximum absolute atomic E-state index is 13.6. The minimum Gasteiger partial charge on any atom is -0.394 e. The van der Waals surface area contributed by atoms with E-state index in [0.717, 1.165) is 5.56 Å².